The van der Waals surface area contributed by atoms with E-state index in [0.29, 0.717) is 23.4 Å². The summed E-state index contributed by atoms with van der Waals surface area (Å²) in [7, 11) is -0.000357. The van der Waals surface area contributed by atoms with E-state index in [0.717, 1.165) is 38.3 Å². The van der Waals surface area contributed by atoms with Crippen molar-refractivity contribution < 1.29 is 18.8 Å². The van der Waals surface area contributed by atoms with Crippen LogP contribution in [0.5, 0.6) is 0 Å². The van der Waals surface area contributed by atoms with Crippen LogP contribution in [0.3, 0.4) is 0 Å². The molecule has 1 spiro atoms. The fraction of sp³-hybridized carbons (Fsp3) is 1.00. The van der Waals surface area contributed by atoms with Crippen molar-refractivity contribution in [2.75, 3.05) is 13.2 Å². The van der Waals surface area contributed by atoms with Crippen LogP contribution in [-0.2, 0) is 18.8 Å². The van der Waals surface area contributed by atoms with E-state index in [9.17, 15) is 0 Å². The summed E-state index contributed by atoms with van der Waals surface area (Å²) in [5.41, 5.74) is 0.369. The maximum Gasteiger partial charge on any atom is 0.457 e. The molecule has 0 aromatic heterocycles. The standard InChI is InChI=1S/C19H31BO4/c1-17(2)14-10-15(17)18(3)16(11-14)23-20(24-18)12-13-4-6-19(7-5-13)21-8-9-22-19/h13-16H,4-12H2,1-3H3. The van der Waals surface area contributed by atoms with Crippen molar-refractivity contribution in [1.82, 2.24) is 0 Å². The van der Waals surface area contributed by atoms with E-state index in [4.69, 9.17) is 18.8 Å². The summed E-state index contributed by atoms with van der Waals surface area (Å²) in [6.45, 7) is 8.68. The molecule has 5 heteroatoms. The molecule has 0 radical (unpaired) electrons. The summed E-state index contributed by atoms with van der Waals surface area (Å²) >= 11 is 0. The van der Waals surface area contributed by atoms with Gasteiger partial charge in [0.15, 0.2) is 5.79 Å². The van der Waals surface area contributed by atoms with Crippen molar-refractivity contribution in [3.8, 4) is 0 Å². The molecule has 4 aliphatic carbocycles. The number of hydrogen-bond acceptors (Lipinski definition) is 4. The van der Waals surface area contributed by atoms with Gasteiger partial charge in [-0.25, -0.2) is 0 Å². The molecule has 0 amide bonds. The molecule has 2 bridgehead atoms. The molecule has 4 unspecified atom stereocenters. The Hall–Kier alpha value is -0.0951. The van der Waals surface area contributed by atoms with Gasteiger partial charge in [-0.15, -0.1) is 0 Å². The first-order chi connectivity index (χ1) is 11.4. The topological polar surface area (TPSA) is 36.9 Å². The van der Waals surface area contributed by atoms with Crippen molar-refractivity contribution in [3.05, 3.63) is 0 Å². The zero-order valence-electron chi connectivity index (χ0n) is 15.4. The maximum atomic E-state index is 6.57. The minimum Gasteiger partial charge on any atom is -0.405 e. The van der Waals surface area contributed by atoms with E-state index >= 15 is 0 Å². The molecule has 2 heterocycles. The molecule has 2 saturated heterocycles. The van der Waals surface area contributed by atoms with Crippen LogP contribution in [0.4, 0.5) is 0 Å². The summed E-state index contributed by atoms with van der Waals surface area (Å²) in [6.07, 6.45) is 8.27. The van der Waals surface area contributed by atoms with Gasteiger partial charge >= 0.3 is 7.12 Å². The average molecular weight is 334 g/mol. The van der Waals surface area contributed by atoms with Crippen LogP contribution in [0.2, 0.25) is 6.32 Å². The third kappa shape index (κ3) is 2.20. The molecule has 4 nitrogen and oxygen atoms in total. The van der Waals surface area contributed by atoms with Crippen molar-refractivity contribution in [3.63, 3.8) is 0 Å². The van der Waals surface area contributed by atoms with Gasteiger partial charge in [-0.3, -0.25) is 0 Å². The second kappa shape index (κ2) is 5.22. The van der Waals surface area contributed by atoms with E-state index in [1.807, 2.05) is 0 Å². The lowest BCUT2D eigenvalue weighted by atomic mass is 9.43. The Morgan fingerprint density at radius 1 is 1.00 bits per heavy atom. The molecule has 4 saturated carbocycles. The predicted molar refractivity (Wildman–Crippen MR) is 91.5 cm³/mol. The third-order valence-corrected chi connectivity index (χ3v) is 8.21. The van der Waals surface area contributed by atoms with Crippen LogP contribution in [0.25, 0.3) is 0 Å². The minimum absolute atomic E-state index is 0.000357. The molecule has 4 atom stereocenters. The average Bonchev–Trinajstić information content (AvgIpc) is 3.12. The fourth-order valence-electron chi connectivity index (χ4n) is 6.46. The van der Waals surface area contributed by atoms with Crippen LogP contribution in [0, 0.1) is 23.2 Å². The molecular weight excluding hydrogens is 303 g/mol. The molecule has 6 fully saturated rings. The lowest BCUT2D eigenvalue weighted by Gasteiger charge is -2.64. The summed E-state index contributed by atoms with van der Waals surface area (Å²) in [4.78, 5) is 0. The van der Waals surface area contributed by atoms with Crippen LogP contribution < -0.4 is 0 Å². The lowest BCUT2D eigenvalue weighted by molar-refractivity contribution is -0.199. The molecule has 0 aromatic carbocycles. The molecule has 2 aliphatic heterocycles. The third-order valence-electron chi connectivity index (χ3n) is 8.21. The van der Waals surface area contributed by atoms with E-state index in [1.54, 1.807) is 0 Å². The molecule has 24 heavy (non-hydrogen) atoms. The van der Waals surface area contributed by atoms with Gasteiger partial charge in [0.05, 0.1) is 24.9 Å². The molecule has 134 valence electrons. The highest BCUT2D eigenvalue weighted by atomic mass is 16.7. The quantitative estimate of drug-likeness (QED) is 0.723. The van der Waals surface area contributed by atoms with Crippen LogP contribution >= 0.6 is 0 Å². The second-order valence-electron chi connectivity index (χ2n) is 9.68. The summed E-state index contributed by atoms with van der Waals surface area (Å²) in [5, 5.41) is 0. The first-order valence-corrected chi connectivity index (χ1v) is 10.0. The number of hydrogen-bond donors (Lipinski definition) is 0. The zero-order valence-corrected chi connectivity index (χ0v) is 15.4. The monoisotopic (exact) mass is 334 g/mol. The van der Waals surface area contributed by atoms with Gasteiger partial charge in [0, 0.05) is 12.8 Å². The van der Waals surface area contributed by atoms with Crippen LogP contribution in [-0.4, -0.2) is 37.8 Å². The molecule has 0 aromatic rings. The second-order valence-corrected chi connectivity index (χ2v) is 9.68. The largest absolute Gasteiger partial charge is 0.457 e. The zero-order chi connectivity index (χ0) is 16.6. The summed E-state index contributed by atoms with van der Waals surface area (Å²) < 4.78 is 24.7. The highest BCUT2D eigenvalue weighted by molar-refractivity contribution is 6.45. The predicted octanol–water partition coefficient (Wildman–Crippen LogP) is 3.65. The normalized spacial score (nSPS) is 46.1. The van der Waals surface area contributed by atoms with Crippen molar-refractivity contribution in [2.45, 2.75) is 83.1 Å². The van der Waals surface area contributed by atoms with Gasteiger partial charge in [-0.05, 0) is 62.1 Å². The summed E-state index contributed by atoms with van der Waals surface area (Å²) in [5.74, 6) is 1.92. The highest BCUT2D eigenvalue weighted by Gasteiger charge is 2.67. The van der Waals surface area contributed by atoms with Gasteiger partial charge in [0.1, 0.15) is 0 Å². The molecular formula is C19H31BO4. The Morgan fingerprint density at radius 2 is 1.71 bits per heavy atom. The SMILES string of the molecule is CC1(C)C2CC3OB(CC4CCC5(CC4)OCCO5)OC3(C)C1C2. The first-order valence-electron chi connectivity index (χ1n) is 10.0. The first kappa shape index (κ1) is 16.1. The van der Waals surface area contributed by atoms with Gasteiger partial charge in [-0.1, -0.05) is 13.8 Å². The van der Waals surface area contributed by atoms with E-state index in [-0.39, 0.29) is 18.5 Å². The van der Waals surface area contributed by atoms with Crippen molar-refractivity contribution in [1.29, 1.82) is 0 Å². The minimum atomic E-state index is -0.251. The Morgan fingerprint density at radius 3 is 2.38 bits per heavy atom. The van der Waals surface area contributed by atoms with Gasteiger partial charge < -0.3 is 18.8 Å². The van der Waals surface area contributed by atoms with Crippen molar-refractivity contribution in [2.24, 2.45) is 23.2 Å². The Kier molecular flexibility index (Phi) is 3.50. The molecule has 6 rings (SSSR count). The van der Waals surface area contributed by atoms with Crippen LogP contribution in [0.15, 0.2) is 0 Å². The molecule has 6 aliphatic rings. The lowest BCUT2D eigenvalue weighted by Crippen LogP contribution is -2.65. The van der Waals surface area contributed by atoms with Gasteiger partial charge in [0.2, 0.25) is 0 Å². The Bertz CT molecular complexity index is 507. The fourth-order valence-corrected chi connectivity index (χ4v) is 6.46. The maximum absolute atomic E-state index is 6.57. The van der Waals surface area contributed by atoms with Gasteiger partial charge in [0.25, 0.3) is 0 Å². The van der Waals surface area contributed by atoms with E-state index < -0.39 is 0 Å². The van der Waals surface area contributed by atoms with Crippen molar-refractivity contribution >= 4 is 7.12 Å². The summed E-state index contributed by atoms with van der Waals surface area (Å²) in [6, 6.07) is 0. The van der Waals surface area contributed by atoms with E-state index in [1.165, 1.54) is 25.7 Å². The van der Waals surface area contributed by atoms with E-state index in [2.05, 4.69) is 20.8 Å². The van der Waals surface area contributed by atoms with Gasteiger partial charge in [-0.2, -0.15) is 0 Å². The highest BCUT2D eigenvalue weighted by Crippen LogP contribution is 2.66. The number of ether oxygens (including phenoxy) is 2. The smallest absolute Gasteiger partial charge is 0.405 e. The Balaban J connectivity index is 1.20. The number of rotatable bonds is 2. The molecule has 0 N–H and O–H groups in total. The van der Waals surface area contributed by atoms with Crippen LogP contribution in [0.1, 0.15) is 59.3 Å². The Labute approximate surface area is 146 Å².